The maximum Gasteiger partial charge on any atom is 0.417 e. The first-order valence-corrected chi connectivity index (χ1v) is 7.57. The van der Waals surface area contributed by atoms with E-state index in [9.17, 15) is 13.2 Å². The Labute approximate surface area is 132 Å². The number of aryl methyl sites for hydroxylation is 1. The highest BCUT2D eigenvalue weighted by Crippen LogP contribution is 2.32. The molecular weight excluding hydrogens is 305 g/mol. The number of halogens is 3. The molecule has 2 heterocycles. The lowest BCUT2D eigenvalue weighted by Crippen LogP contribution is -2.17. The highest BCUT2D eigenvalue weighted by Gasteiger charge is 2.30. The van der Waals surface area contributed by atoms with Gasteiger partial charge < -0.3 is 5.32 Å². The minimum atomic E-state index is -4.39. The maximum absolute atomic E-state index is 12.6. The summed E-state index contributed by atoms with van der Waals surface area (Å²) in [6.07, 6.45) is 2.56. The molecule has 0 atom stereocenters. The van der Waals surface area contributed by atoms with Crippen LogP contribution in [0.15, 0.2) is 24.5 Å². The molecule has 1 saturated carbocycles. The van der Waals surface area contributed by atoms with Crippen LogP contribution in [0.25, 0.3) is 11.3 Å². The van der Waals surface area contributed by atoms with Crippen molar-refractivity contribution in [3.05, 3.63) is 35.9 Å². The predicted octanol–water partition coefficient (Wildman–Crippen LogP) is 4.22. The van der Waals surface area contributed by atoms with E-state index < -0.39 is 11.7 Å². The van der Waals surface area contributed by atoms with E-state index >= 15 is 0 Å². The van der Waals surface area contributed by atoms with Crippen molar-refractivity contribution >= 4 is 5.82 Å². The minimum Gasteiger partial charge on any atom is -0.367 e. The molecule has 0 unspecified atom stereocenters. The number of alkyl halides is 3. The first-order valence-electron chi connectivity index (χ1n) is 7.57. The zero-order valence-electron chi connectivity index (χ0n) is 12.7. The molecule has 0 radical (unpaired) electrons. The molecule has 1 N–H and O–H groups in total. The van der Waals surface area contributed by atoms with E-state index in [1.165, 1.54) is 18.9 Å². The zero-order valence-corrected chi connectivity index (χ0v) is 12.7. The van der Waals surface area contributed by atoms with E-state index in [1.807, 2.05) is 0 Å². The molecule has 1 aliphatic rings. The first-order chi connectivity index (χ1) is 10.9. The third-order valence-electron chi connectivity index (χ3n) is 3.97. The van der Waals surface area contributed by atoms with Crippen molar-refractivity contribution in [1.29, 1.82) is 0 Å². The number of nitrogens with zero attached hydrogens (tertiary/aromatic N) is 3. The van der Waals surface area contributed by atoms with Crippen LogP contribution >= 0.6 is 0 Å². The van der Waals surface area contributed by atoms with E-state index in [0.29, 0.717) is 28.9 Å². The average molecular weight is 322 g/mol. The number of hydrogen-bond acceptors (Lipinski definition) is 4. The standard InChI is InChI=1S/C16H17F3N4/c1-10-20-9-13(15(22-10)23-12-4-2-3-5-12)14-7-6-11(8-21-14)16(17,18)19/h6-9,12H,2-5H2,1H3,(H,20,22,23). The van der Waals surface area contributed by atoms with E-state index in [1.54, 1.807) is 13.1 Å². The van der Waals surface area contributed by atoms with Crippen molar-refractivity contribution in [3.63, 3.8) is 0 Å². The lowest BCUT2D eigenvalue weighted by atomic mass is 10.1. The summed E-state index contributed by atoms with van der Waals surface area (Å²) in [5.74, 6) is 1.25. The highest BCUT2D eigenvalue weighted by molar-refractivity contribution is 5.71. The minimum absolute atomic E-state index is 0.345. The Hall–Kier alpha value is -2.18. The summed E-state index contributed by atoms with van der Waals surface area (Å²) in [4.78, 5) is 12.5. The smallest absolute Gasteiger partial charge is 0.367 e. The van der Waals surface area contributed by atoms with Crippen LogP contribution < -0.4 is 5.32 Å². The van der Waals surface area contributed by atoms with Gasteiger partial charge in [-0.05, 0) is 31.9 Å². The van der Waals surface area contributed by atoms with Crippen LogP contribution in [0.4, 0.5) is 19.0 Å². The average Bonchev–Trinajstić information content (AvgIpc) is 3.00. The summed E-state index contributed by atoms with van der Waals surface area (Å²) >= 11 is 0. The molecule has 2 aromatic heterocycles. The third-order valence-corrected chi connectivity index (χ3v) is 3.97. The van der Waals surface area contributed by atoms with Gasteiger partial charge in [0.1, 0.15) is 11.6 Å². The van der Waals surface area contributed by atoms with E-state index in [-0.39, 0.29) is 0 Å². The Morgan fingerprint density at radius 3 is 2.43 bits per heavy atom. The van der Waals surface area contributed by atoms with E-state index in [4.69, 9.17) is 0 Å². The highest BCUT2D eigenvalue weighted by atomic mass is 19.4. The van der Waals surface area contributed by atoms with Crippen molar-refractivity contribution < 1.29 is 13.2 Å². The summed E-state index contributed by atoms with van der Waals surface area (Å²) in [6, 6.07) is 2.73. The molecule has 0 saturated heterocycles. The number of rotatable bonds is 3. The van der Waals surface area contributed by atoms with Gasteiger partial charge in [0.15, 0.2) is 0 Å². The first kappa shape index (κ1) is 15.7. The zero-order chi connectivity index (χ0) is 16.4. The number of hydrogen-bond donors (Lipinski definition) is 1. The monoisotopic (exact) mass is 322 g/mol. The second-order valence-corrected chi connectivity index (χ2v) is 5.74. The van der Waals surface area contributed by atoms with Gasteiger partial charge in [0.25, 0.3) is 0 Å². The lowest BCUT2D eigenvalue weighted by molar-refractivity contribution is -0.137. The molecule has 0 aliphatic heterocycles. The normalized spacial score (nSPS) is 15.8. The Kier molecular flexibility index (Phi) is 4.19. The van der Waals surface area contributed by atoms with Crippen LogP contribution in [0, 0.1) is 6.92 Å². The molecule has 0 amide bonds. The number of aromatic nitrogens is 3. The molecule has 4 nitrogen and oxygen atoms in total. The number of pyridine rings is 1. The number of anilines is 1. The van der Waals surface area contributed by atoms with Gasteiger partial charge in [0.05, 0.1) is 16.8 Å². The molecule has 1 aliphatic carbocycles. The molecule has 0 spiro atoms. The molecule has 1 fully saturated rings. The predicted molar refractivity (Wildman–Crippen MR) is 80.9 cm³/mol. The lowest BCUT2D eigenvalue weighted by Gasteiger charge is -2.16. The Bertz CT molecular complexity index is 677. The summed E-state index contributed by atoms with van der Waals surface area (Å²) in [5.41, 5.74) is 0.286. The van der Waals surface area contributed by atoms with Crippen molar-refractivity contribution in [3.8, 4) is 11.3 Å². The largest absolute Gasteiger partial charge is 0.417 e. The van der Waals surface area contributed by atoms with Crippen LogP contribution in [-0.2, 0) is 6.18 Å². The van der Waals surface area contributed by atoms with Gasteiger partial charge in [0, 0.05) is 18.4 Å². The van der Waals surface area contributed by atoms with E-state index in [0.717, 1.165) is 25.1 Å². The second kappa shape index (κ2) is 6.14. The van der Waals surface area contributed by atoms with Crippen molar-refractivity contribution in [1.82, 2.24) is 15.0 Å². The van der Waals surface area contributed by atoms with Crippen molar-refractivity contribution in [2.45, 2.75) is 44.8 Å². The van der Waals surface area contributed by atoms with Crippen molar-refractivity contribution in [2.75, 3.05) is 5.32 Å². The quantitative estimate of drug-likeness (QED) is 0.919. The molecule has 3 rings (SSSR count). The third kappa shape index (κ3) is 3.60. The van der Waals surface area contributed by atoms with Gasteiger partial charge in [-0.3, -0.25) is 4.98 Å². The summed E-state index contributed by atoms with van der Waals surface area (Å²) in [7, 11) is 0. The van der Waals surface area contributed by atoms with Gasteiger partial charge in [0.2, 0.25) is 0 Å². The van der Waals surface area contributed by atoms with Crippen LogP contribution in [0.3, 0.4) is 0 Å². The van der Waals surface area contributed by atoms with Crippen LogP contribution in [0.1, 0.15) is 37.1 Å². The van der Waals surface area contributed by atoms with Gasteiger partial charge >= 0.3 is 6.18 Å². The Morgan fingerprint density at radius 2 is 1.83 bits per heavy atom. The fourth-order valence-corrected chi connectivity index (χ4v) is 2.75. The topological polar surface area (TPSA) is 50.7 Å². The second-order valence-electron chi connectivity index (χ2n) is 5.74. The number of nitrogens with one attached hydrogen (secondary N) is 1. The molecule has 23 heavy (non-hydrogen) atoms. The summed E-state index contributed by atoms with van der Waals surface area (Å²) in [6.45, 7) is 1.78. The van der Waals surface area contributed by atoms with Crippen molar-refractivity contribution in [2.24, 2.45) is 0 Å². The van der Waals surface area contributed by atoms with Crippen LogP contribution in [-0.4, -0.2) is 21.0 Å². The molecule has 2 aromatic rings. The molecule has 7 heteroatoms. The summed E-state index contributed by atoms with van der Waals surface area (Å²) in [5, 5.41) is 3.38. The fourth-order valence-electron chi connectivity index (χ4n) is 2.75. The fraction of sp³-hybridized carbons (Fsp3) is 0.438. The molecule has 0 bridgehead atoms. The molecular formula is C16H17F3N4. The molecule has 0 aromatic carbocycles. The summed E-state index contributed by atoms with van der Waals surface area (Å²) < 4.78 is 37.9. The SMILES string of the molecule is Cc1ncc(-c2ccc(C(F)(F)F)cn2)c(NC2CCCC2)n1. The molecule has 122 valence electrons. The van der Waals surface area contributed by atoms with E-state index in [2.05, 4.69) is 20.3 Å². The van der Waals surface area contributed by atoms with Gasteiger partial charge in [-0.15, -0.1) is 0 Å². The van der Waals surface area contributed by atoms with Crippen LogP contribution in [0.5, 0.6) is 0 Å². The maximum atomic E-state index is 12.6. The Balaban J connectivity index is 1.92. The van der Waals surface area contributed by atoms with Gasteiger partial charge in [-0.25, -0.2) is 9.97 Å². The van der Waals surface area contributed by atoms with Gasteiger partial charge in [-0.2, -0.15) is 13.2 Å². The van der Waals surface area contributed by atoms with Crippen LogP contribution in [0.2, 0.25) is 0 Å². The van der Waals surface area contributed by atoms with Gasteiger partial charge in [-0.1, -0.05) is 12.8 Å². The Morgan fingerprint density at radius 1 is 1.09 bits per heavy atom.